The van der Waals surface area contributed by atoms with Gasteiger partial charge in [-0.2, -0.15) is 4.68 Å². The van der Waals surface area contributed by atoms with Gasteiger partial charge >= 0.3 is 5.76 Å². The Morgan fingerprint density at radius 3 is 2.65 bits per heavy atom. The third-order valence-corrected chi connectivity index (χ3v) is 2.38. The molecule has 5 nitrogen and oxygen atoms in total. The third-order valence-electron chi connectivity index (χ3n) is 2.38. The molecule has 1 heterocycles. The predicted molar refractivity (Wildman–Crippen MR) is 62.0 cm³/mol. The van der Waals surface area contributed by atoms with E-state index in [-0.39, 0.29) is 11.9 Å². The molecule has 17 heavy (non-hydrogen) atoms. The van der Waals surface area contributed by atoms with E-state index in [9.17, 15) is 9.59 Å². The number of hydrogen-bond donors (Lipinski definition) is 0. The van der Waals surface area contributed by atoms with Crippen molar-refractivity contribution in [1.29, 1.82) is 0 Å². The van der Waals surface area contributed by atoms with E-state index in [1.54, 1.807) is 24.3 Å². The second kappa shape index (κ2) is 4.37. The van der Waals surface area contributed by atoms with Gasteiger partial charge in [0.15, 0.2) is 6.29 Å². The van der Waals surface area contributed by atoms with Crippen molar-refractivity contribution < 1.29 is 9.21 Å². The van der Waals surface area contributed by atoms with Gasteiger partial charge in [0.25, 0.3) is 0 Å². The Morgan fingerprint density at radius 2 is 2.06 bits per heavy atom. The monoisotopic (exact) mass is 232 g/mol. The molecular weight excluding hydrogens is 220 g/mol. The van der Waals surface area contributed by atoms with Crippen molar-refractivity contribution in [2.75, 3.05) is 0 Å². The quantitative estimate of drug-likeness (QED) is 0.758. The van der Waals surface area contributed by atoms with Crippen molar-refractivity contribution in [3.63, 3.8) is 0 Å². The zero-order chi connectivity index (χ0) is 12.4. The number of aromatic nitrogens is 2. The molecule has 0 radical (unpaired) electrons. The molecular formula is C12H12N2O3. The second-order valence-corrected chi connectivity index (χ2v) is 3.92. The fourth-order valence-electron chi connectivity index (χ4n) is 1.52. The van der Waals surface area contributed by atoms with Gasteiger partial charge in [-0.05, 0) is 19.9 Å². The molecule has 0 spiro atoms. The lowest BCUT2D eigenvalue weighted by molar-refractivity contribution is 0.112. The summed E-state index contributed by atoms with van der Waals surface area (Å²) in [5, 5.41) is 4.07. The second-order valence-electron chi connectivity index (χ2n) is 3.92. The van der Waals surface area contributed by atoms with E-state index in [1.165, 1.54) is 4.68 Å². The molecule has 2 aromatic rings. The molecule has 0 saturated heterocycles. The average Bonchev–Trinajstić information content (AvgIpc) is 2.71. The van der Waals surface area contributed by atoms with E-state index in [0.29, 0.717) is 17.4 Å². The van der Waals surface area contributed by atoms with E-state index < -0.39 is 5.76 Å². The lowest BCUT2D eigenvalue weighted by Crippen LogP contribution is -2.17. The molecule has 0 fully saturated rings. The predicted octanol–water partition coefficient (Wildman–Crippen LogP) is 1.90. The molecule has 0 atom stereocenters. The van der Waals surface area contributed by atoms with Gasteiger partial charge in [0.05, 0.1) is 6.04 Å². The Morgan fingerprint density at radius 1 is 1.35 bits per heavy atom. The number of hydrogen-bond acceptors (Lipinski definition) is 4. The number of nitrogens with zero attached hydrogens (tertiary/aromatic N) is 2. The molecule has 5 heteroatoms. The van der Waals surface area contributed by atoms with Gasteiger partial charge in [0.2, 0.25) is 5.89 Å². The Labute approximate surface area is 97.7 Å². The molecule has 0 aliphatic rings. The first-order chi connectivity index (χ1) is 8.13. The maximum absolute atomic E-state index is 11.5. The first-order valence-electron chi connectivity index (χ1n) is 5.27. The van der Waals surface area contributed by atoms with Crippen LogP contribution in [0, 0.1) is 0 Å². The number of rotatable bonds is 3. The molecule has 0 aliphatic carbocycles. The Hall–Kier alpha value is -2.17. The van der Waals surface area contributed by atoms with E-state index >= 15 is 0 Å². The maximum Gasteiger partial charge on any atom is 0.437 e. The molecule has 0 amide bonds. The molecule has 0 N–H and O–H groups in total. The highest BCUT2D eigenvalue weighted by Crippen LogP contribution is 2.19. The fourth-order valence-corrected chi connectivity index (χ4v) is 1.52. The number of carbonyl (C=O) groups is 1. The summed E-state index contributed by atoms with van der Waals surface area (Å²) in [4.78, 5) is 22.4. The van der Waals surface area contributed by atoms with Crippen LogP contribution in [0.2, 0.25) is 0 Å². The highest BCUT2D eigenvalue weighted by Gasteiger charge is 2.14. The number of benzene rings is 1. The van der Waals surface area contributed by atoms with Crippen LogP contribution in [0.1, 0.15) is 30.2 Å². The molecule has 88 valence electrons. The van der Waals surface area contributed by atoms with Gasteiger partial charge in [0.1, 0.15) is 0 Å². The first kappa shape index (κ1) is 11.3. The van der Waals surface area contributed by atoms with Crippen molar-refractivity contribution >= 4 is 6.29 Å². The van der Waals surface area contributed by atoms with E-state index in [0.717, 1.165) is 0 Å². The molecule has 1 aromatic heterocycles. The summed E-state index contributed by atoms with van der Waals surface area (Å²) >= 11 is 0. The Balaban J connectivity index is 2.57. The molecule has 0 saturated carbocycles. The summed E-state index contributed by atoms with van der Waals surface area (Å²) in [6, 6.07) is 6.76. The largest absolute Gasteiger partial charge is 0.437 e. The van der Waals surface area contributed by atoms with E-state index in [1.807, 2.05) is 13.8 Å². The van der Waals surface area contributed by atoms with Gasteiger partial charge in [0, 0.05) is 11.1 Å². The van der Waals surface area contributed by atoms with Gasteiger partial charge in [-0.15, -0.1) is 5.10 Å². The van der Waals surface area contributed by atoms with Gasteiger partial charge in [-0.1, -0.05) is 18.2 Å². The number of aldehydes is 1. The fraction of sp³-hybridized carbons (Fsp3) is 0.250. The lowest BCUT2D eigenvalue weighted by atomic mass is 10.1. The van der Waals surface area contributed by atoms with Crippen molar-refractivity contribution in [3.8, 4) is 11.5 Å². The van der Waals surface area contributed by atoms with Crippen LogP contribution in [0.3, 0.4) is 0 Å². The minimum absolute atomic E-state index is 0.0802. The summed E-state index contributed by atoms with van der Waals surface area (Å²) in [6.07, 6.45) is 0.712. The Kier molecular flexibility index (Phi) is 2.91. The van der Waals surface area contributed by atoms with Crippen molar-refractivity contribution in [2.45, 2.75) is 19.9 Å². The van der Waals surface area contributed by atoms with Gasteiger partial charge in [-0.25, -0.2) is 4.79 Å². The van der Waals surface area contributed by atoms with Crippen molar-refractivity contribution in [2.24, 2.45) is 0 Å². The summed E-state index contributed by atoms with van der Waals surface area (Å²) in [6.45, 7) is 3.67. The molecule has 1 aromatic carbocycles. The Bertz CT molecular complexity index is 596. The maximum atomic E-state index is 11.5. The van der Waals surface area contributed by atoms with Crippen LogP contribution in [-0.4, -0.2) is 16.1 Å². The summed E-state index contributed by atoms with van der Waals surface area (Å²) < 4.78 is 6.29. The average molecular weight is 232 g/mol. The smallest absolute Gasteiger partial charge is 0.388 e. The lowest BCUT2D eigenvalue weighted by Gasteiger charge is -2.00. The van der Waals surface area contributed by atoms with Crippen LogP contribution in [0.15, 0.2) is 33.5 Å². The van der Waals surface area contributed by atoms with Gasteiger partial charge < -0.3 is 4.42 Å². The van der Waals surface area contributed by atoms with Crippen LogP contribution < -0.4 is 5.76 Å². The van der Waals surface area contributed by atoms with E-state index in [2.05, 4.69) is 5.10 Å². The summed E-state index contributed by atoms with van der Waals surface area (Å²) in [5.41, 5.74) is 0.976. The topological polar surface area (TPSA) is 65.1 Å². The van der Waals surface area contributed by atoms with Crippen molar-refractivity contribution in [1.82, 2.24) is 9.78 Å². The third kappa shape index (κ3) is 2.04. The first-order valence-corrected chi connectivity index (χ1v) is 5.27. The molecule has 0 unspecified atom stereocenters. The summed E-state index contributed by atoms with van der Waals surface area (Å²) in [5.74, 6) is -0.345. The van der Waals surface area contributed by atoms with Crippen LogP contribution in [0.5, 0.6) is 0 Å². The molecule has 0 bridgehead atoms. The highest BCUT2D eigenvalue weighted by atomic mass is 16.4. The number of carbonyl (C=O) groups excluding carboxylic acids is 1. The summed E-state index contributed by atoms with van der Waals surface area (Å²) in [7, 11) is 0. The minimum atomic E-state index is -0.518. The zero-order valence-electron chi connectivity index (χ0n) is 9.58. The standard InChI is InChI=1S/C12H12N2O3/c1-8(2)14-12(16)17-11(13-14)10-6-4-3-5-9(10)7-15/h3-8H,1-2H3. The highest BCUT2D eigenvalue weighted by molar-refractivity contribution is 5.85. The van der Waals surface area contributed by atoms with Crippen LogP contribution in [0.25, 0.3) is 11.5 Å². The van der Waals surface area contributed by atoms with Gasteiger partial charge in [-0.3, -0.25) is 4.79 Å². The molecule has 2 rings (SSSR count). The van der Waals surface area contributed by atoms with E-state index in [4.69, 9.17) is 4.42 Å². The van der Waals surface area contributed by atoms with Crippen molar-refractivity contribution in [3.05, 3.63) is 40.4 Å². The van der Waals surface area contributed by atoms with Crippen LogP contribution in [-0.2, 0) is 0 Å². The minimum Gasteiger partial charge on any atom is -0.388 e. The normalized spacial score (nSPS) is 10.8. The zero-order valence-corrected chi connectivity index (χ0v) is 9.58. The van der Waals surface area contributed by atoms with Crippen LogP contribution >= 0.6 is 0 Å². The molecule has 0 aliphatic heterocycles. The SMILES string of the molecule is CC(C)n1nc(-c2ccccc2C=O)oc1=O. The van der Waals surface area contributed by atoms with Crippen LogP contribution in [0.4, 0.5) is 0 Å².